The number of carbonyl (C=O) groups is 1. The molecule has 1 amide bonds. The van der Waals surface area contributed by atoms with Gasteiger partial charge in [-0.05, 0) is 12.5 Å². The first-order valence-corrected chi connectivity index (χ1v) is 5.43. The van der Waals surface area contributed by atoms with E-state index in [2.05, 4.69) is 0 Å². The van der Waals surface area contributed by atoms with Crippen molar-refractivity contribution in [1.29, 1.82) is 0 Å². The zero-order valence-electron chi connectivity index (χ0n) is 10.1. The lowest BCUT2D eigenvalue weighted by atomic mass is 10.2. The van der Waals surface area contributed by atoms with E-state index in [1.165, 1.54) is 12.3 Å². The second-order valence-corrected chi connectivity index (χ2v) is 3.65. The molecule has 18 heavy (non-hydrogen) atoms. The van der Waals surface area contributed by atoms with Gasteiger partial charge in [0.1, 0.15) is 12.0 Å². The van der Waals surface area contributed by atoms with E-state index in [1.54, 1.807) is 0 Å². The molecule has 0 radical (unpaired) electrons. The Kier molecular flexibility index (Phi) is 7.54. The number of alkyl halides is 2. The minimum absolute atomic E-state index is 0. The number of hydrogen-bond acceptors (Lipinski definition) is 3. The minimum Gasteiger partial charge on any atom is -0.467 e. The molecule has 0 unspecified atom stereocenters. The molecular formula is C11H17ClF2N2O2. The standard InChI is InChI=1S/C11H16F2N2O2.ClH/c1-2-3-15(6-10(12)13)11(16)8-4-9(5-14)17-7-8;/h4,7,10H,2-3,5-6,14H2,1H3;1H. The van der Waals surface area contributed by atoms with Crippen LogP contribution in [-0.2, 0) is 6.54 Å². The molecule has 0 aliphatic rings. The fraction of sp³-hybridized carbons (Fsp3) is 0.545. The lowest BCUT2D eigenvalue weighted by molar-refractivity contribution is 0.0554. The molecule has 0 aliphatic carbocycles. The first-order chi connectivity index (χ1) is 8.08. The van der Waals surface area contributed by atoms with Crippen molar-refractivity contribution in [3.05, 3.63) is 23.7 Å². The van der Waals surface area contributed by atoms with Gasteiger partial charge in [0.25, 0.3) is 12.3 Å². The topological polar surface area (TPSA) is 59.5 Å². The van der Waals surface area contributed by atoms with Crippen molar-refractivity contribution >= 4 is 18.3 Å². The van der Waals surface area contributed by atoms with Crippen LogP contribution in [0.1, 0.15) is 29.5 Å². The Morgan fingerprint density at radius 1 is 1.56 bits per heavy atom. The number of rotatable bonds is 6. The highest BCUT2D eigenvalue weighted by Gasteiger charge is 2.20. The van der Waals surface area contributed by atoms with Crippen LogP contribution in [0.5, 0.6) is 0 Å². The molecule has 0 aromatic carbocycles. The summed E-state index contributed by atoms with van der Waals surface area (Å²) in [5.41, 5.74) is 5.60. The van der Waals surface area contributed by atoms with Crippen molar-refractivity contribution in [2.75, 3.05) is 13.1 Å². The first-order valence-electron chi connectivity index (χ1n) is 5.43. The van der Waals surface area contributed by atoms with Crippen LogP contribution in [0, 0.1) is 0 Å². The van der Waals surface area contributed by atoms with Gasteiger partial charge in [-0.15, -0.1) is 12.4 Å². The van der Waals surface area contributed by atoms with Crippen molar-refractivity contribution in [2.45, 2.75) is 26.3 Å². The quantitative estimate of drug-likeness (QED) is 0.871. The van der Waals surface area contributed by atoms with Crippen LogP contribution < -0.4 is 5.73 Å². The second kappa shape index (κ2) is 8.05. The summed E-state index contributed by atoms with van der Waals surface area (Å²) in [6.45, 7) is 1.74. The summed E-state index contributed by atoms with van der Waals surface area (Å²) in [4.78, 5) is 13.0. The van der Waals surface area contributed by atoms with Crippen LogP contribution in [0.4, 0.5) is 8.78 Å². The molecule has 1 aromatic heterocycles. The Hall–Kier alpha value is -1.14. The lowest BCUT2D eigenvalue weighted by Crippen LogP contribution is -2.35. The number of halogens is 3. The summed E-state index contributed by atoms with van der Waals surface area (Å²) < 4.78 is 29.6. The highest BCUT2D eigenvalue weighted by molar-refractivity contribution is 5.94. The maximum absolute atomic E-state index is 12.3. The van der Waals surface area contributed by atoms with Crippen molar-refractivity contribution < 1.29 is 18.0 Å². The van der Waals surface area contributed by atoms with Gasteiger partial charge in [0.2, 0.25) is 0 Å². The molecule has 1 heterocycles. The molecule has 0 saturated heterocycles. The fourth-order valence-corrected chi connectivity index (χ4v) is 1.49. The summed E-state index contributed by atoms with van der Waals surface area (Å²) in [6.07, 6.45) is -0.662. The van der Waals surface area contributed by atoms with E-state index < -0.39 is 18.9 Å². The van der Waals surface area contributed by atoms with Crippen molar-refractivity contribution in [2.24, 2.45) is 5.73 Å². The molecule has 0 fully saturated rings. The van der Waals surface area contributed by atoms with Gasteiger partial charge in [-0.1, -0.05) is 6.92 Å². The Morgan fingerprint density at radius 3 is 2.67 bits per heavy atom. The van der Waals surface area contributed by atoms with Crippen LogP contribution in [0.3, 0.4) is 0 Å². The molecule has 0 spiro atoms. The van der Waals surface area contributed by atoms with Crippen LogP contribution in [0.15, 0.2) is 16.7 Å². The van der Waals surface area contributed by atoms with E-state index in [4.69, 9.17) is 10.2 Å². The molecule has 0 atom stereocenters. The molecule has 104 valence electrons. The predicted molar refractivity (Wildman–Crippen MR) is 66.0 cm³/mol. The van der Waals surface area contributed by atoms with Crippen molar-refractivity contribution in [3.63, 3.8) is 0 Å². The molecule has 0 aliphatic heterocycles. The fourth-order valence-electron chi connectivity index (χ4n) is 1.49. The normalized spacial score (nSPS) is 10.3. The van der Waals surface area contributed by atoms with Crippen LogP contribution in [0.25, 0.3) is 0 Å². The first kappa shape index (κ1) is 16.9. The number of amides is 1. The summed E-state index contributed by atoms with van der Waals surface area (Å²) in [5.74, 6) is 0.0115. The SMILES string of the molecule is CCCN(CC(F)F)C(=O)c1coc(CN)c1.Cl. The van der Waals surface area contributed by atoms with Gasteiger partial charge in [-0.3, -0.25) is 4.79 Å². The molecule has 7 heteroatoms. The van der Waals surface area contributed by atoms with E-state index in [1.807, 2.05) is 6.92 Å². The van der Waals surface area contributed by atoms with Crippen LogP contribution in [-0.4, -0.2) is 30.3 Å². The van der Waals surface area contributed by atoms with E-state index in [-0.39, 0.29) is 24.5 Å². The number of hydrogen-bond donors (Lipinski definition) is 1. The number of carbonyl (C=O) groups excluding carboxylic acids is 1. The highest BCUT2D eigenvalue weighted by Crippen LogP contribution is 2.12. The molecule has 1 aromatic rings. The Labute approximate surface area is 111 Å². The summed E-state index contributed by atoms with van der Waals surface area (Å²) in [5, 5.41) is 0. The third-order valence-electron chi connectivity index (χ3n) is 2.24. The van der Waals surface area contributed by atoms with Gasteiger partial charge in [0, 0.05) is 6.54 Å². The third-order valence-corrected chi connectivity index (χ3v) is 2.24. The molecule has 0 bridgehead atoms. The summed E-state index contributed by atoms with van der Waals surface area (Å²) in [6, 6.07) is 1.48. The predicted octanol–water partition coefficient (Wildman–Crippen LogP) is 2.28. The third kappa shape index (κ3) is 4.62. The van der Waals surface area contributed by atoms with Gasteiger partial charge in [0.15, 0.2) is 0 Å². The highest BCUT2D eigenvalue weighted by atomic mass is 35.5. The second-order valence-electron chi connectivity index (χ2n) is 3.65. The Balaban J connectivity index is 0.00000289. The smallest absolute Gasteiger partial charge is 0.257 e. The lowest BCUT2D eigenvalue weighted by Gasteiger charge is -2.20. The molecule has 4 nitrogen and oxygen atoms in total. The van der Waals surface area contributed by atoms with E-state index in [0.29, 0.717) is 18.7 Å². The van der Waals surface area contributed by atoms with Gasteiger partial charge >= 0.3 is 0 Å². The Morgan fingerprint density at radius 2 is 2.22 bits per heavy atom. The monoisotopic (exact) mass is 282 g/mol. The average Bonchev–Trinajstić information content (AvgIpc) is 2.75. The minimum atomic E-state index is -2.54. The van der Waals surface area contributed by atoms with Gasteiger partial charge in [-0.2, -0.15) is 0 Å². The largest absolute Gasteiger partial charge is 0.467 e. The van der Waals surface area contributed by atoms with Gasteiger partial charge < -0.3 is 15.1 Å². The number of furan rings is 1. The van der Waals surface area contributed by atoms with E-state index >= 15 is 0 Å². The molecular weight excluding hydrogens is 266 g/mol. The average molecular weight is 283 g/mol. The van der Waals surface area contributed by atoms with E-state index in [0.717, 1.165) is 4.90 Å². The zero-order chi connectivity index (χ0) is 12.8. The van der Waals surface area contributed by atoms with Gasteiger partial charge in [-0.25, -0.2) is 8.78 Å². The summed E-state index contributed by atoms with van der Waals surface area (Å²) >= 11 is 0. The molecule has 1 rings (SSSR count). The van der Waals surface area contributed by atoms with Crippen molar-refractivity contribution in [1.82, 2.24) is 4.90 Å². The molecule has 2 N–H and O–H groups in total. The summed E-state index contributed by atoms with van der Waals surface area (Å²) in [7, 11) is 0. The zero-order valence-corrected chi connectivity index (χ0v) is 10.9. The van der Waals surface area contributed by atoms with Crippen molar-refractivity contribution in [3.8, 4) is 0 Å². The maximum atomic E-state index is 12.3. The number of nitrogens with two attached hydrogens (primary N) is 1. The molecule has 0 saturated carbocycles. The van der Waals surface area contributed by atoms with Crippen LogP contribution >= 0.6 is 12.4 Å². The number of nitrogens with zero attached hydrogens (tertiary/aromatic N) is 1. The van der Waals surface area contributed by atoms with Gasteiger partial charge in [0.05, 0.1) is 18.7 Å². The Bertz CT molecular complexity index is 372. The van der Waals surface area contributed by atoms with E-state index in [9.17, 15) is 13.6 Å². The maximum Gasteiger partial charge on any atom is 0.257 e. The van der Waals surface area contributed by atoms with Crippen LogP contribution in [0.2, 0.25) is 0 Å².